The molecule has 1 aliphatic heterocycles. The van der Waals surface area contributed by atoms with Gasteiger partial charge in [-0.05, 0) is 23.6 Å². The minimum absolute atomic E-state index is 0.529. The summed E-state index contributed by atoms with van der Waals surface area (Å²) in [6.45, 7) is 7.76. The van der Waals surface area contributed by atoms with Crippen LogP contribution >= 0.6 is 0 Å². The summed E-state index contributed by atoms with van der Waals surface area (Å²) in [5, 5.41) is 9.87. The van der Waals surface area contributed by atoms with Gasteiger partial charge < -0.3 is 5.11 Å². The summed E-state index contributed by atoms with van der Waals surface area (Å²) in [6, 6.07) is 17.9. The molecule has 118 valence electrons. The summed E-state index contributed by atoms with van der Waals surface area (Å²) >= 11 is 0. The molecule has 0 aliphatic carbocycles. The van der Waals surface area contributed by atoms with E-state index in [9.17, 15) is 9.90 Å². The van der Waals surface area contributed by atoms with E-state index in [2.05, 4.69) is 23.6 Å². The molecule has 1 saturated heterocycles. The van der Waals surface area contributed by atoms with E-state index in [1.807, 2.05) is 49.4 Å². The molecule has 0 saturated carbocycles. The zero-order valence-electron chi connectivity index (χ0n) is 13.3. The fraction of sp³-hybridized carbons (Fsp3) is 0.250. The van der Waals surface area contributed by atoms with Crippen molar-refractivity contribution >= 4 is 11.5 Å². The fourth-order valence-electron chi connectivity index (χ4n) is 3.36. The average Bonchev–Trinajstić information content (AvgIpc) is 2.51. The molecule has 1 fully saturated rings. The number of aliphatic carboxylic acids is 1. The first-order valence-corrected chi connectivity index (χ1v) is 7.78. The Bertz CT molecular complexity index is 730. The van der Waals surface area contributed by atoms with E-state index < -0.39 is 11.4 Å². The summed E-state index contributed by atoms with van der Waals surface area (Å²) in [4.78, 5) is 14.2. The lowest BCUT2D eigenvalue weighted by atomic mass is 9.71. The van der Waals surface area contributed by atoms with Gasteiger partial charge >= 0.3 is 5.97 Å². The fourth-order valence-corrected chi connectivity index (χ4v) is 3.36. The summed E-state index contributed by atoms with van der Waals surface area (Å²) in [5.41, 5.74) is 3.12. The van der Waals surface area contributed by atoms with Crippen molar-refractivity contribution in [3.63, 3.8) is 0 Å². The molecule has 1 heterocycles. The maximum atomic E-state index is 12.0. The van der Waals surface area contributed by atoms with Crippen molar-refractivity contribution in [3.8, 4) is 0 Å². The minimum atomic E-state index is -0.829. The molecule has 0 bridgehead atoms. The highest BCUT2D eigenvalue weighted by atomic mass is 16.4. The number of hydrogen-bond acceptors (Lipinski definition) is 2. The Labute approximate surface area is 136 Å². The van der Waals surface area contributed by atoms with Gasteiger partial charge in [0.2, 0.25) is 0 Å². The lowest BCUT2D eigenvalue weighted by Crippen LogP contribution is -2.63. The maximum absolute atomic E-state index is 12.0. The van der Waals surface area contributed by atoms with Crippen molar-refractivity contribution in [2.45, 2.75) is 18.9 Å². The number of carbonyl (C=O) groups is 1. The number of benzene rings is 2. The second-order valence-electron chi connectivity index (χ2n) is 6.34. The number of carboxylic acids is 1. The van der Waals surface area contributed by atoms with Gasteiger partial charge in [0.05, 0.1) is 0 Å². The number of carboxylic acid groups (broad SMARTS) is 1. The highest BCUT2D eigenvalue weighted by Gasteiger charge is 2.51. The van der Waals surface area contributed by atoms with Crippen LogP contribution in [0.2, 0.25) is 0 Å². The predicted octanol–water partition coefficient (Wildman–Crippen LogP) is 3.56. The van der Waals surface area contributed by atoms with Gasteiger partial charge in [0.1, 0.15) is 5.41 Å². The van der Waals surface area contributed by atoms with Crippen molar-refractivity contribution in [2.75, 3.05) is 13.1 Å². The van der Waals surface area contributed by atoms with Crippen LogP contribution in [0.5, 0.6) is 0 Å². The van der Waals surface area contributed by atoms with Crippen molar-refractivity contribution < 1.29 is 9.90 Å². The Balaban J connectivity index is 1.85. The number of nitrogens with zero attached hydrogens (tertiary/aromatic N) is 1. The van der Waals surface area contributed by atoms with Crippen LogP contribution in [0.3, 0.4) is 0 Å². The van der Waals surface area contributed by atoms with E-state index in [4.69, 9.17) is 0 Å². The van der Waals surface area contributed by atoms with Gasteiger partial charge in [-0.2, -0.15) is 0 Å². The van der Waals surface area contributed by atoms with Crippen LogP contribution in [0, 0.1) is 0 Å². The van der Waals surface area contributed by atoms with Crippen LogP contribution in [0.4, 0.5) is 0 Å². The van der Waals surface area contributed by atoms with Gasteiger partial charge in [-0.1, -0.05) is 66.7 Å². The zero-order valence-corrected chi connectivity index (χ0v) is 13.3. The third kappa shape index (κ3) is 2.80. The van der Waals surface area contributed by atoms with Gasteiger partial charge in [0, 0.05) is 19.6 Å². The molecular weight excluding hydrogens is 286 g/mol. The van der Waals surface area contributed by atoms with Crippen molar-refractivity contribution in [3.05, 3.63) is 77.9 Å². The van der Waals surface area contributed by atoms with Crippen LogP contribution in [0.15, 0.2) is 61.2 Å². The molecule has 23 heavy (non-hydrogen) atoms. The highest BCUT2D eigenvalue weighted by molar-refractivity contribution is 5.86. The summed E-state index contributed by atoms with van der Waals surface area (Å²) in [6.07, 6.45) is 0. The van der Waals surface area contributed by atoms with Gasteiger partial charge in [0.25, 0.3) is 0 Å². The van der Waals surface area contributed by atoms with Crippen molar-refractivity contribution in [1.82, 2.24) is 4.90 Å². The second kappa shape index (κ2) is 6.01. The zero-order chi connectivity index (χ0) is 16.4. The lowest BCUT2D eigenvalue weighted by Gasteiger charge is -2.48. The first-order valence-electron chi connectivity index (χ1n) is 7.78. The monoisotopic (exact) mass is 307 g/mol. The summed E-state index contributed by atoms with van der Waals surface area (Å²) in [5.74, 6) is -0.754. The summed E-state index contributed by atoms with van der Waals surface area (Å²) < 4.78 is 0. The molecule has 0 spiro atoms. The van der Waals surface area contributed by atoms with Crippen molar-refractivity contribution in [2.24, 2.45) is 0 Å². The van der Waals surface area contributed by atoms with Gasteiger partial charge in [0.15, 0.2) is 0 Å². The molecule has 3 rings (SSSR count). The predicted molar refractivity (Wildman–Crippen MR) is 92.2 cm³/mol. The molecule has 0 radical (unpaired) electrons. The Morgan fingerprint density at radius 1 is 1.13 bits per heavy atom. The molecule has 3 nitrogen and oxygen atoms in total. The molecule has 0 aromatic heterocycles. The Morgan fingerprint density at radius 3 is 2.35 bits per heavy atom. The van der Waals surface area contributed by atoms with E-state index in [0.717, 1.165) is 23.2 Å². The molecule has 0 atom stereocenters. The summed E-state index contributed by atoms with van der Waals surface area (Å²) in [7, 11) is 0. The maximum Gasteiger partial charge on any atom is 0.316 e. The Hall–Kier alpha value is -2.39. The Kier molecular flexibility index (Phi) is 4.05. The van der Waals surface area contributed by atoms with Crippen LogP contribution in [0.1, 0.15) is 23.6 Å². The molecule has 0 amide bonds. The van der Waals surface area contributed by atoms with Gasteiger partial charge in [-0.15, -0.1) is 0 Å². The number of hydrogen-bond donors (Lipinski definition) is 1. The lowest BCUT2D eigenvalue weighted by molar-refractivity contribution is -0.151. The quantitative estimate of drug-likeness (QED) is 0.918. The molecule has 1 N–H and O–H groups in total. The third-order valence-corrected chi connectivity index (χ3v) is 4.55. The SMILES string of the molecule is C=C(C)c1ccccc1C1(C(=O)O)CN(Cc2ccccc2)C1. The van der Waals surface area contributed by atoms with E-state index in [1.165, 1.54) is 5.56 Å². The molecule has 1 aliphatic rings. The molecule has 0 unspecified atom stereocenters. The standard InChI is InChI=1S/C20H21NO2/c1-15(2)17-10-6-7-11-18(17)20(19(22)23)13-21(14-20)12-16-8-4-3-5-9-16/h3-11H,1,12-14H2,2H3,(H,22,23). The van der Waals surface area contributed by atoms with E-state index in [1.54, 1.807) is 0 Å². The van der Waals surface area contributed by atoms with E-state index >= 15 is 0 Å². The second-order valence-corrected chi connectivity index (χ2v) is 6.34. The van der Waals surface area contributed by atoms with Gasteiger partial charge in [-0.3, -0.25) is 9.69 Å². The van der Waals surface area contributed by atoms with Crippen molar-refractivity contribution in [1.29, 1.82) is 0 Å². The molecule has 2 aromatic rings. The van der Waals surface area contributed by atoms with E-state index in [0.29, 0.717) is 13.1 Å². The number of allylic oxidation sites excluding steroid dienone is 1. The third-order valence-electron chi connectivity index (χ3n) is 4.55. The Morgan fingerprint density at radius 2 is 1.74 bits per heavy atom. The largest absolute Gasteiger partial charge is 0.481 e. The first-order chi connectivity index (χ1) is 11.0. The smallest absolute Gasteiger partial charge is 0.316 e. The molecule has 3 heteroatoms. The van der Waals surface area contributed by atoms with Crippen LogP contribution < -0.4 is 0 Å². The number of rotatable bonds is 5. The van der Waals surface area contributed by atoms with Crippen LogP contribution in [-0.2, 0) is 16.8 Å². The minimum Gasteiger partial charge on any atom is -0.481 e. The molecular formula is C20H21NO2. The molecule has 2 aromatic carbocycles. The topological polar surface area (TPSA) is 40.5 Å². The number of likely N-dealkylation sites (tertiary alicyclic amines) is 1. The normalized spacial score (nSPS) is 16.6. The van der Waals surface area contributed by atoms with Crippen LogP contribution in [0.25, 0.3) is 5.57 Å². The van der Waals surface area contributed by atoms with Crippen LogP contribution in [-0.4, -0.2) is 29.1 Å². The van der Waals surface area contributed by atoms with E-state index in [-0.39, 0.29) is 0 Å². The average molecular weight is 307 g/mol. The highest BCUT2D eigenvalue weighted by Crippen LogP contribution is 2.39. The first kappa shape index (κ1) is 15.5. The van der Waals surface area contributed by atoms with Gasteiger partial charge in [-0.25, -0.2) is 0 Å².